The number of carboxylic acids is 2. The number of carbonyl (C=O) groups is 3. The molecule has 11 heteroatoms. The Kier molecular flexibility index (Phi) is 5.50. The number of nitrogens with two attached hydrogens (primary N) is 1. The van der Waals surface area contributed by atoms with E-state index in [1.807, 2.05) is 0 Å². The predicted molar refractivity (Wildman–Crippen MR) is 100 cm³/mol. The van der Waals surface area contributed by atoms with E-state index in [9.17, 15) is 28.7 Å². The van der Waals surface area contributed by atoms with E-state index < -0.39 is 35.3 Å². The monoisotopic (exact) mass is 406 g/mol. The van der Waals surface area contributed by atoms with Gasteiger partial charge < -0.3 is 19.7 Å². The first kappa shape index (κ1) is 20.3. The van der Waals surface area contributed by atoms with Crippen LogP contribution in [0.3, 0.4) is 0 Å². The lowest BCUT2D eigenvalue weighted by Gasteiger charge is -2.33. The summed E-state index contributed by atoms with van der Waals surface area (Å²) in [6, 6.07) is 2.26. The van der Waals surface area contributed by atoms with Gasteiger partial charge in [-0.05, 0) is 25.0 Å². The Morgan fingerprint density at radius 1 is 1.21 bits per heavy atom. The van der Waals surface area contributed by atoms with Gasteiger partial charge in [0.05, 0.1) is 11.2 Å². The van der Waals surface area contributed by atoms with E-state index in [1.165, 1.54) is 6.07 Å². The van der Waals surface area contributed by atoms with Crippen molar-refractivity contribution >= 4 is 34.4 Å². The number of rotatable bonds is 5. The summed E-state index contributed by atoms with van der Waals surface area (Å²) in [5.74, 6) is 1.06. The Morgan fingerprint density at radius 2 is 1.86 bits per heavy atom. The number of aromatic nitrogens is 1. The van der Waals surface area contributed by atoms with E-state index in [1.54, 1.807) is 4.90 Å². The highest BCUT2D eigenvalue weighted by atomic mass is 19.1. The molecule has 29 heavy (non-hydrogen) atoms. The summed E-state index contributed by atoms with van der Waals surface area (Å²) in [7, 11) is 0. The number of piperidine rings is 1. The van der Waals surface area contributed by atoms with Crippen LogP contribution in [0.25, 0.3) is 10.9 Å². The lowest BCUT2D eigenvalue weighted by atomic mass is 9.95. The van der Waals surface area contributed by atoms with Crippen molar-refractivity contribution in [3.05, 3.63) is 39.9 Å². The van der Waals surface area contributed by atoms with E-state index in [2.05, 4.69) is 5.43 Å². The maximum atomic E-state index is 14.8. The minimum atomic E-state index is -1.53. The molecule has 2 heterocycles. The zero-order chi connectivity index (χ0) is 21.3. The average Bonchev–Trinajstić information content (AvgIpc) is 2.68. The van der Waals surface area contributed by atoms with Gasteiger partial charge in [0.25, 0.3) is 0 Å². The molecule has 2 aromatic rings. The minimum absolute atomic E-state index is 0.112. The van der Waals surface area contributed by atoms with Gasteiger partial charge in [-0.1, -0.05) is 0 Å². The van der Waals surface area contributed by atoms with Gasteiger partial charge >= 0.3 is 11.9 Å². The van der Waals surface area contributed by atoms with E-state index in [0.717, 1.165) is 16.8 Å². The Morgan fingerprint density at radius 3 is 2.41 bits per heavy atom. The van der Waals surface area contributed by atoms with Crippen LogP contribution in [0, 0.1) is 11.7 Å². The van der Waals surface area contributed by atoms with Gasteiger partial charge in [0.15, 0.2) is 0 Å². The third-order valence-electron chi connectivity index (χ3n) is 5.03. The van der Waals surface area contributed by atoms with Crippen LogP contribution in [0.15, 0.2) is 23.1 Å². The zero-order valence-corrected chi connectivity index (χ0v) is 15.2. The number of pyridine rings is 1. The molecule has 1 saturated heterocycles. The second-order valence-electron chi connectivity index (χ2n) is 6.79. The highest BCUT2D eigenvalue weighted by Crippen LogP contribution is 2.29. The molecule has 0 bridgehead atoms. The number of carboxylic acid groups (broad SMARTS) is 2. The number of fused-ring (bicyclic) bond motifs is 1. The van der Waals surface area contributed by atoms with Gasteiger partial charge in [0, 0.05) is 30.6 Å². The molecule has 1 aliphatic heterocycles. The summed E-state index contributed by atoms with van der Waals surface area (Å²) in [5, 5.41) is 18.1. The highest BCUT2D eigenvalue weighted by Gasteiger charge is 2.27. The van der Waals surface area contributed by atoms with Crippen LogP contribution in [-0.4, -0.2) is 45.7 Å². The van der Waals surface area contributed by atoms with Gasteiger partial charge in [-0.3, -0.25) is 19.8 Å². The fraction of sp³-hybridized carbons (Fsp3) is 0.333. The molecule has 3 rings (SSSR count). The second kappa shape index (κ2) is 7.87. The van der Waals surface area contributed by atoms with Crippen LogP contribution in [0.4, 0.5) is 10.1 Å². The predicted octanol–water partition coefficient (Wildman–Crippen LogP) is 0.130. The van der Waals surface area contributed by atoms with Crippen molar-refractivity contribution in [2.75, 3.05) is 18.0 Å². The molecule has 0 aliphatic carbocycles. The number of hydrogen-bond acceptors (Lipinski definition) is 6. The molecule has 0 radical (unpaired) electrons. The molecule has 0 atom stereocenters. The highest BCUT2D eigenvalue weighted by molar-refractivity contribution is 5.94. The fourth-order valence-corrected chi connectivity index (χ4v) is 3.57. The third kappa shape index (κ3) is 3.90. The Hall–Kier alpha value is -3.47. The van der Waals surface area contributed by atoms with Crippen LogP contribution in [0.1, 0.15) is 23.2 Å². The second-order valence-corrected chi connectivity index (χ2v) is 6.79. The molecule has 1 aromatic carbocycles. The number of benzene rings is 1. The molecule has 154 valence electrons. The number of halogens is 1. The third-order valence-corrected chi connectivity index (χ3v) is 5.03. The number of aliphatic carboxylic acids is 1. The van der Waals surface area contributed by atoms with Crippen molar-refractivity contribution in [3.8, 4) is 0 Å². The molecular weight excluding hydrogens is 387 g/mol. The molecular formula is C18H19FN4O6. The smallest absolute Gasteiger partial charge is 0.341 e. The van der Waals surface area contributed by atoms with Crippen LogP contribution in [-0.2, 0) is 16.1 Å². The summed E-state index contributed by atoms with van der Waals surface area (Å²) >= 11 is 0. The number of nitrogens with one attached hydrogen (secondary N) is 1. The molecule has 1 fully saturated rings. The molecule has 10 nitrogen and oxygen atoms in total. The lowest BCUT2D eigenvalue weighted by Crippen LogP contribution is -2.43. The van der Waals surface area contributed by atoms with Gasteiger partial charge in [-0.15, -0.1) is 0 Å². The number of nitrogens with zero attached hydrogens (tertiary/aromatic N) is 2. The summed E-state index contributed by atoms with van der Waals surface area (Å²) in [4.78, 5) is 48.3. The number of anilines is 1. The van der Waals surface area contributed by atoms with Crippen molar-refractivity contribution in [2.45, 2.75) is 19.4 Å². The maximum Gasteiger partial charge on any atom is 0.341 e. The quantitative estimate of drug-likeness (QED) is 0.310. The van der Waals surface area contributed by atoms with Crippen molar-refractivity contribution in [1.82, 2.24) is 9.99 Å². The minimum Gasteiger partial charge on any atom is -0.480 e. The SMILES string of the molecule is NNC(=O)C1CCN(c2cc3c(cc2F)c(=O)c(C(=O)O)cn3CC(=O)O)CC1. The van der Waals surface area contributed by atoms with Crippen molar-refractivity contribution < 1.29 is 29.0 Å². The van der Waals surface area contributed by atoms with Gasteiger partial charge in [-0.25, -0.2) is 15.0 Å². The summed E-state index contributed by atoms with van der Waals surface area (Å²) in [6.07, 6.45) is 1.83. The number of carbonyl (C=O) groups excluding carboxylic acids is 1. The normalized spacial score (nSPS) is 14.8. The molecule has 1 aliphatic rings. The Labute approximate surface area is 163 Å². The number of amides is 1. The summed E-state index contributed by atoms with van der Waals surface area (Å²) in [5.41, 5.74) is 0.824. The molecule has 0 unspecified atom stereocenters. The van der Waals surface area contributed by atoms with Crippen molar-refractivity contribution in [1.29, 1.82) is 0 Å². The van der Waals surface area contributed by atoms with Crippen LogP contribution < -0.4 is 21.6 Å². The molecule has 1 aromatic heterocycles. The van der Waals surface area contributed by atoms with E-state index in [4.69, 9.17) is 10.9 Å². The average molecular weight is 406 g/mol. The maximum absolute atomic E-state index is 14.8. The first-order valence-electron chi connectivity index (χ1n) is 8.80. The fourth-order valence-electron chi connectivity index (χ4n) is 3.57. The number of hydrogen-bond donors (Lipinski definition) is 4. The summed E-state index contributed by atoms with van der Waals surface area (Å²) in [6.45, 7) is 0.120. The van der Waals surface area contributed by atoms with Crippen LogP contribution in [0.5, 0.6) is 0 Å². The lowest BCUT2D eigenvalue weighted by molar-refractivity contribution is -0.137. The first-order chi connectivity index (χ1) is 13.7. The van der Waals surface area contributed by atoms with Crippen LogP contribution in [0.2, 0.25) is 0 Å². The number of aromatic carboxylic acids is 1. The first-order valence-corrected chi connectivity index (χ1v) is 8.80. The largest absolute Gasteiger partial charge is 0.480 e. The van der Waals surface area contributed by atoms with Crippen molar-refractivity contribution in [3.63, 3.8) is 0 Å². The zero-order valence-electron chi connectivity index (χ0n) is 15.2. The van der Waals surface area contributed by atoms with Gasteiger partial charge in [0.2, 0.25) is 11.3 Å². The van der Waals surface area contributed by atoms with Crippen LogP contribution >= 0.6 is 0 Å². The topological polar surface area (TPSA) is 155 Å². The van der Waals surface area contributed by atoms with Gasteiger partial charge in [0.1, 0.15) is 17.9 Å². The van der Waals surface area contributed by atoms with Gasteiger partial charge in [-0.2, -0.15) is 0 Å². The Balaban J connectivity index is 2.07. The van der Waals surface area contributed by atoms with Crippen molar-refractivity contribution in [2.24, 2.45) is 11.8 Å². The standard InChI is InChI=1S/C18H19FN4O6/c19-12-5-10-13(23(8-15(24)25)7-11(16(10)26)18(28)29)6-14(12)22-3-1-9(2-4-22)17(27)21-20/h5-7,9H,1-4,8,20H2,(H,21,27)(H,24,25)(H,28,29). The van der Waals surface area contributed by atoms with E-state index in [-0.39, 0.29) is 28.4 Å². The van der Waals surface area contributed by atoms with E-state index in [0.29, 0.717) is 25.9 Å². The molecule has 5 N–H and O–H groups in total. The molecule has 0 saturated carbocycles. The van der Waals surface area contributed by atoms with E-state index >= 15 is 0 Å². The molecule has 0 spiro atoms. The number of hydrazine groups is 1. The Bertz CT molecular complexity index is 1060. The molecule has 1 amide bonds. The summed E-state index contributed by atoms with van der Waals surface area (Å²) < 4.78 is 15.9.